The van der Waals surface area contributed by atoms with E-state index in [-0.39, 0.29) is 29.6 Å². The van der Waals surface area contributed by atoms with Crippen LogP contribution in [0.5, 0.6) is 0 Å². The van der Waals surface area contributed by atoms with Crippen LogP contribution < -0.4 is 5.32 Å². The number of hydrogen-bond acceptors (Lipinski definition) is 1. The summed E-state index contributed by atoms with van der Waals surface area (Å²) in [7, 11) is 0. The number of rotatable bonds is 4. The van der Waals surface area contributed by atoms with Gasteiger partial charge in [-0.2, -0.15) is 0 Å². The van der Waals surface area contributed by atoms with E-state index >= 15 is 0 Å². The average Bonchev–Trinajstić information content (AvgIpc) is 2.49. The largest absolute Gasteiger partial charge is 0.349 e. The molecular formula is C20H24FNO. The van der Waals surface area contributed by atoms with Crippen LogP contribution in [0.25, 0.3) is 0 Å². The van der Waals surface area contributed by atoms with Crippen LogP contribution in [-0.2, 0) is 16.6 Å². The van der Waals surface area contributed by atoms with Gasteiger partial charge < -0.3 is 5.32 Å². The zero-order valence-corrected chi connectivity index (χ0v) is 14.2. The Morgan fingerprint density at radius 1 is 1.09 bits per heavy atom. The second kappa shape index (κ2) is 6.95. The lowest BCUT2D eigenvalue weighted by molar-refractivity contribution is -0.121. The first-order valence-corrected chi connectivity index (χ1v) is 7.90. The Balaban J connectivity index is 2.00. The Bertz CT molecular complexity index is 671. The van der Waals surface area contributed by atoms with Crippen molar-refractivity contribution in [2.75, 3.05) is 0 Å². The fourth-order valence-corrected chi connectivity index (χ4v) is 2.46. The maximum Gasteiger partial charge on any atom is 0.225 e. The second-order valence-electron chi connectivity index (χ2n) is 6.93. The lowest BCUT2D eigenvalue weighted by Crippen LogP contribution is -2.28. The zero-order chi connectivity index (χ0) is 17.0. The van der Waals surface area contributed by atoms with Crippen molar-refractivity contribution >= 4 is 5.91 Å². The number of benzene rings is 2. The van der Waals surface area contributed by atoms with Gasteiger partial charge in [0.05, 0.1) is 12.5 Å². The Morgan fingerprint density at radius 3 is 2.26 bits per heavy atom. The fourth-order valence-electron chi connectivity index (χ4n) is 2.46. The van der Waals surface area contributed by atoms with Crippen molar-refractivity contribution in [1.29, 1.82) is 0 Å². The molecule has 0 heterocycles. The third kappa shape index (κ3) is 4.65. The molecule has 0 spiro atoms. The molecule has 1 atom stereocenters. The molecule has 0 aliphatic carbocycles. The molecule has 0 aliphatic heterocycles. The fraction of sp³-hybridized carbons (Fsp3) is 0.350. The highest BCUT2D eigenvalue weighted by molar-refractivity contribution is 5.79. The van der Waals surface area contributed by atoms with E-state index in [1.165, 1.54) is 11.6 Å². The third-order valence-electron chi connectivity index (χ3n) is 3.96. The predicted molar refractivity (Wildman–Crippen MR) is 91.8 cm³/mol. The summed E-state index contributed by atoms with van der Waals surface area (Å²) in [5.41, 5.74) is 2.82. The third-order valence-corrected chi connectivity index (χ3v) is 3.96. The van der Waals surface area contributed by atoms with Gasteiger partial charge in [-0.1, -0.05) is 63.2 Å². The van der Waals surface area contributed by atoms with E-state index in [1.807, 2.05) is 19.1 Å². The smallest absolute Gasteiger partial charge is 0.225 e. The van der Waals surface area contributed by atoms with Crippen molar-refractivity contribution in [3.8, 4) is 0 Å². The molecule has 122 valence electrons. The molecule has 3 heteroatoms. The first-order valence-electron chi connectivity index (χ1n) is 7.90. The molecule has 0 bridgehead atoms. The summed E-state index contributed by atoms with van der Waals surface area (Å²) in [5, 5.41) is 2.92. The molecule has 23 heavy (non-hydrogen) atoms. The van der Waals surface area contributed by atoms with Gasteiger partial charge in [0.2, 0.25) is 5.91 Å². The molecule has 2 nitrogen and oxygen atoms in total. The van der Waals surface area contributed by atoms with E-state index in [9.17, 15) is 9.18 Å². The number of carbonyl (C=O) groups excluding carboxylic acids is 1. The van der Waals surface area contributed by atoms with Gasteiger partial charge >= 0.3 is 0 Å². The molecule has 0 saturated carbocycles. The lowest BCUT2D eigenvalue weighted by Gasteiger charge is -2.20. The molecule has 2 aromatic carbocycles. The van der Waals surface area contributed by atoms with E-state index in [0.717, 1.165) is 5.56 Å². The number of nitrogens with one attached hydrogen (secondary N) is 1. The van der Waals surface area contributed by atoms with Crippen LogP contribution >= 0.6 is 0 Å². The Morgan fingerprint density at radius 2 is 1.70 bits per heavy atom. The van der Waals surface area contributed by atoms with Gasteiger partial charge in [0.1, 0.15) is 5.82 Å². The Hall–Kier alpha value is -2.16. The number of halogens is 1. The number of amides is 1. The van der Waals surface area contributed by atoms with Crippen molar-refractivity contribution in [2.45, 2.75) is 45.6 Å². The minimum atomic E-state index is -0.343. The average molecular weight is 313 g/mol. The molecule has 0 aromatic heterocycles. The van der Waals surface area contributed by atoms with E-state index < -0.39 is 0 Å². The van der Waals surface area contributed by atoms with Gasteiger partial charge in [-0.25, -0.2) is 4.39 Å². The molecule has 1 unspecified atom stereocenters. The molecule has 0 aliphatic rings. The molecule has 1 amide bonds. The summed E-state index contributed by atoms with van der Waals surface area (Å²) in [6.45, 7) is 8.44. The van der Waals surface area contributed by atoms with Crippen LogP contribution in [0, 0.1) is 5.82 Å². The summed E-state index contributed by atoms with van der Waals surface area (Å²) < 4.78 is 13.6. The topological polar surface area (TPSA) is 29.1 Å². The highest BCUT2D eigenvalue weighted by Crippen LogP contribution is 2.24. The van der Waals surface area contributed by atoms with Crippen molar-refractivity contribution in [2.24, 2.45) is 0 Å². The van der Waals surface area contributed by atoms with Crippen molar-refractivity contribution < 1.29 is 9.18 Å². The summed E-state index contributed by atoms with van der Waals surface area (Å²) >= 11 is 0. The number of carbonyl (C=O) groups is 1. The summed E-state index contributed by atoms with van der Waals surface area (Å²) in [6.07, 6.45) is 0.0527. The lowest BCUT2D eigenvalue weighted by atomic mass is 9.86. The molecule has 1 N–H and O–H groups in total. The minimum absolute atomic E-state index is 0.0527. The maximum atomic E-state index is 13.6. The Labute approximate surface area is 137 Å². The molecule has 0 saturated heterocycles. The Kier molecular flexibility index (Phi) is 5.19. The highest BCUT2D eigenvalue weighted by atomic mass is 19.1. The van der Waals surface area contributed by atoms with E-state index in [4.69, 9.17) is 0 Å². The standard InChI is InChI=1S/C20H24FNO/c1-14(15-9-11-17(12-10-15)20(2,3)4)22-19(23)13-16-7-5-6-8-18(16)21/h5-12,14H,13H2,1-4H3,(H,22,23). The quantitative estimate of drug-likeness (QED) is 0.882. The van der Waals surface area contributed by atoms with E-state index in [2.05, 4.69) is 38.2 Å². The minimum Gasteiger partial charge on any atom is -0.349 e. The molecule has 0 radical (unpaired) electrons. The summed E-state index contributed by atoms with van der Waals surface area (Å²) in [6, 6.07) is 14.5. The molecule has 2 aromatic rings. The number of hydrogen-bond donors (Lipinski definition) is 1. The van der Waals surface area contributed by atoms with Crippen LogP contribution in [0.4, 0.5) is 4.39 Å². The van der Waals surface area contributed by atoms with Crippen LogP contribution in [-0.4, -0.2) is 5.91 Å². The van der Waals surface area contributed by atoms with Gasteiger partial charge in [-0.15, -0.1) is 0 Å². The second-order valence-corrected chi connectivity index (χ2v) is 6.93. The van der Waals surface area contributed by atoms with Gasteiger partial charge in [0, 0.05) is 0 Å². The van der Waals surface area contributed by atoms with Gasteiger partial charge in [-0.3, -0.25) is 4.79 Å². The highest BCUT2D eigenvalue weighted by Gasteiger charge is 2.15. The molecular weight excluding hydrogens is 289 g/mol. The first-order chi connectivity index (χ1) is 10.8. The summed E-state index contributed by atoms with van der Waals surface area (Å²) in [4.78, 5) is 12.1. The van der Waals surface area contributed by atoms with Crippen LogP contribution in [0.1, 0.15) is 50.4 Å². The van der Waals surface area contributed by atoms with Crippen LogP contribution in [0.15, 0.2) is 48.5 Å². The normalized spacial score (nSPS) is 12.7. The van der Waals surface area contributed by atoms with Gasteiger partial charge in [0.25, 0.3) is 0 Å². The maximum absolute atomic E-state index is 13.6. The predicted octanol–water partition coefficient (Wildman–Crippen LogP) is 4.54. The zero-order valence-electron chi connectivity index (χ0n) is 14.2. The molecule has 0 fully saturated rings. The van der Waals surface area contributed by atoms with E-state index in [0.29, 0.717) is 5.56 Å². The SMILES string of the molecule is CC(NC(=O)Cc1ccccc1F)c1ccc(C(C)(C)C)cc1. The summed E-state index contributed by atoms with van der Waals surface area (Å²) in [5.74, 6) is -0.521. The van der Waals surface area contributed by atoms with Crippen molar-refractivity contribution in [3.63, 3.8) is 0 Å². The van der Waals surface area contributed by atoms with Crippen molar-refractivity contribution in [3.05, 3.63) is 71.0 Å². The van der Waals surface area contributed by atoms with Crippen LogP contribution in [0.2, 0.25) is 0 Å². The monoisotopic (exact) mass is 313 g/mol. The van der Waals surface area contributed by atoms with E-state index in [1.54, 1.807) is 18.2 Å². The molecule has 2 rings (SSSR count). The van der Waals surface area contributed by atoms with Gasteiger partial charge in [-0.05, 0) is 35.1 Å². The van der Waals surface area contributed by atoms with Crippen LogP contribution in [0.3, 0.4) is 0 Å². The van der Waals surface area contributed by atoms with Gasteiger partial charge in [0.15, 0.2) is 0 Å². The van der Waals surface area contributed by atoms with Crippen molar-refractivity contribution in [1.82, 2.24) is 5.32 Å². The first kappa shape index (κ1) is 17.2.